The number of hydrogen-bond acceptors (Lipinski definition) is 0. The average Bonchev–Trinajstić information content (AvgIpc) is 1.83. The van der Waals surface area contributed by atoms with Crippen LogP contribution >= 0.6 is 0 Å². The Morgan fingerprint density at radius 1 is 1.30 bits per heavy atom. The van der Waals surface area contributed by atoms with Crippen molar-refractivity contribution in [1.82, 2.24) is 0 Å². The first-order valence-corrected chi connectivity index (χ1v) is 4.33. The second kappa shape index (κ2) is 13.1. The van der Waals surface area contributed by atoms with Gasteiger partial charge in [-0.1, -0.05) is 0 Å². The van der Waals surface area contributed by atoms with Gasteiger partial charge in [0.2, 0.25) is 0 Å². The van der Waals surface area contributed by atoms with Crippen molar-refractivity contribution in [3.63, 3.8) is 0 Å². The SMILES string of the molecule is CCCCC(C)[CH2][Al+2].[Br-].[Br-]. The van der Waals surface area contributed by atoms with E-state index in [0.29, 0.717) is 0 Å². The van der Waals surface area contributed by atoms with E-state index in [-0.39, 0.29) is 34.0 Å². The van der Waals surface area contributed by atoms with Crippen molar-refractivity contribution in [1.29, 1.82) is 0 Å². The van der Waals surface area contributed by atoms with E-state index in [1.165, 1.54) is 24.5 Å². The smallest absolute Gasteiger partial charge is 1.00 e. The Hall–Kier alpha value is 1.49. The molecule has 0 spiro atoms. The Bertz CT molecular complexity index is 50.9. The first-order chi connectivity index (χ1) is 3.81. The molecule has 0 bridgehead atoms. The van der Waals surface area contributed by atoms with Crippen molar-refractivity contribution in [2.75, 3.05) is 0 Å². The van der Waals surface area contributed by atoms with E-state index in [9.17, 15) is 0 Å². The molecule has 0 aliphatic heterocycles. The summed E-state index contributed by atoms with van der Waals surface area (Å²) in [6.45, 7) is 4.55. The number of rotatable bonds is 4. The van der Waals surface area contributed by atoms with Crippen LogP contribution in [0.1, 0.15) is 33.1 Å². The van der Waals surface area contributed by atoms with Crippen LogP contribution in [0.4, 0.5) is 0 Å². The van der Waals surface area contributed by atoms with Crippen molar-refractivity contribution < 1.29 is 34.0 Å². The van der Waals surface area contributed by atoms with Crippen LogP contribution in [0.3, 0.4) is 0 Å². The first-order valence-electron chi connectivity index (χ1n) is 3.51. The summed E-state index contributed by atoms with van der Waals surface area (Å²) in [5.41, 5.74) is 0. The molecule has 0 amide bonds. The summed E-state index contributed by atoms with van der Waals surface area (Å²) < 4.78 is 0. The molecule has 0 rings (SSSR count). The van der Waals surface area contributed by atoms with Crippen LogP contribution < -0.4 is 34.0 Å². The van der Waals surface area contributed by atoms with Gasteiger partial charge in [0.15, 0.2) is 0 Å². The zero-order valence-corrected chi connectivity index (χ0v) is 11.1. The standard InChI is InChI=1S/C7H15.Al.2BrH/c1-4-5-6-7(2)3;;;/h7H,2,4-6H2,1,3H3;;2*1H/q;+2;;/p-2. The third-order valence-electron chi connectivity index (χ3n) is 1.45. The van der Waals surface area contributed by atoms with Crippen molar-refractivity contribution in [2.24, 2.45) is 5.92 Å². The van der Waals surface area contributed by atoms with Crippen LogP contribution in [0.5, 0.6) is 0 Å². The molecule has 0 aliphatic rings. The molecule has 0 aliphatic carbocycles. The Balaban J connectivity index is -0.000000245. The van der Waals surface area contributed by atoms with Crippen LogP contribution in [0.15, 0.2) is 0 Å². The molecule has 10 heavy (non-hydrogen) atoms. The molecule has 0 aromatic rings. The molecular weight excluding hydrogens is 271 g/mol. The Kier molecular flexibility index (Phi) is 23.0. The molecule has 1 atom stereocenters. The van der Waals surface area contributed by atoms with Crippen molar-refractivity contribution in [2.45, 2.75) is 38.4 Å². The Labute approximate surface area is 94.1 Å². The van der Waals surface area contributed by atoms with Crippen molar-refractivity contribution in [3.05, 3.63) is 0 Å². The van der Waals surface area contributed by atoms with Crippen LogP contribution in [0, 0.1) is 5.92 Å². The van der Waals surface area contributed by atoms with Gasteiger partial charge in [-0.15, -0.1) is 0 Å². The van der Waals surface area contributed by atoms with Gasteiger partial charge in [-0.05, 0) is 0 Å². The summed E-state index contributed by atoms with van der Waals surface area (Å²) in [5.74, 6) is 0.917. The summed E-state index contributed by atoms with van der Waals surface area (Å²) in [7, 11) is 0. The second-order valence-electron chi connectivity index (χ2n) is 2.48. The largest absolute Gasteiger partial charge is 1.00 e. The van der Waals surface area contributed by atoms with E-state index in [2.05, 4.69) is 30.1 Å². The Morgan fingerprint density at radius 3 is 2.10 bits per heavy atom. The molecule has 0 heterocycles. The van der Waals surface area contributed by atoms with Gasteiger partial charge < -0.3 is 34.0 Å². The predicted molar refractivity (Wildman–Crippen MR) is 39.3 cm³/mol. The molecule has 0 N–H and O–H groups in total. The van der Waals surface area contributed by atoms with Gasteiger partial charge in [0.1, 0.15) is 0 Å². The van der Waals surface area contributed by atoms with Gasteiger partial charge in [0, 0.05) is 0 Å². The summed E-state index contributed by atoms with van der Waals surface area (Å²) in [6, 6.07) is 0. The van der Waals surface area contributed by atoms with Gasteiger partial charge in [-0.3, -0.25) is 0 Å². The van der Waals surface area contributed by atoms with Crippen molar-refractivity contribution in [3.8, 4) is 0 Å². The van der Waals surface area contributed by atoms with Gasteiger partial charge in [-0.2, -0.15) is 0 Å². The zero-order chi connectivity index (χ0) is 6.41. The van der Waals surface area contributed by atoms with E-state index in [1.807, 2.05) is 0 Å². The zero-order valence-electron chi connectivity index (χ0n) is 6.74. The van der Waals surface area contributed by atoms with E-state index in [0.717, 1.165) is 5.92 Å². The van der Waals surface area contributed by atoms with E-state index < -0.39 is 0 Å². The van der Waals surface area contributed by atoms with Gasteiger partial charge in [-0.25, -0.2) is 0 Å². The fourth-order valence-electron chi connectivity index (χ4n) is 0.670. The molecule has 0 aromatic carbocycles. The second-order valence-corrected chi connectivity index (χ2v) is 2.95. The van der Waals surface area contributed by atoms with Gasteiger partial charge in [0.25, 0.3) is 0 Å². The van der Waals surface area contributed by atoms with Crippen LogP contribution in [0.25, 0.3) is 0 Å². The summed E-state index contributed by atoms with van der Waals surface area (Å²) >= 11 is 2.79. The summed E-state index contributed by atoms with van der Waals surface area (Å²) in [4.78, 5) is 0. The maximum absolute atomic E-state index is 2.79. The van der Waals surface area contributed by atoms with E-state index in [1.54, 1.807) is 0 Å². The molecule has 0 saturated heterocycles. The molecule has 3 heteroatoms. The average molecular weight is 286 g/mol. The fourth-order valence-corrected chi connectivity index (χ4v) is 0.906. The maximum atomic E-state index is 2.79. The normalized spacial score (nSPS) is 11.2. The molecule has 1 unspecified atom stereocenters. The maximum Gasteiger partial charge on any atom is -1.00 e. The minimum Gasteiger partial charge on any atom is -1.00 e. The number of hydrogen-bond donors (Lipinski definition) is 0. The number of halogens is 2. The number of unbranched alkanes of at least 4 members (excludes halogenated alkanes) is 1. The summed E-state index contributed by atoms with van der Waals surface area (Å²) in [5, 5.41) is 1.26. The molecule has 60 valence electrons. The quantitative estimate of drug-likeness (QED) is 0.469. The minimum absolute atomic E-state index is 0. The Morgan fingerprint density at radius 2 is 1.80 bits per heavy atom. The van der Waals surface area contributed by atoms with Crippen molar-refractivity contribution >= 4 is 16.3 Å². The molecule has 0 fully saturated rings. The van der Waals surface area contributed by atoms with E-state index in [4.69, 9.17) is 0 Å². The molecule has 0 saturated carbocycles. The van der Waals surface area contributed by atoms with E-state index >= 15 is 0 Å². The molecule has 0 nitrogen and oxygen atoms in total. The van der Waals surface area contributed by atoms with Crippen LogP contribution in [-0.2, 0) is 0 Å². The van der Waals surface area contributed by atoms with Crippen LogP contribution in [-0.4, -0.2) is 16.3 Å². The topological polar surface area (TPSA) is 0 Å². The van der Waals surface area contributed by atoms with Crippen LogP contribution in [0.2, 0.25) is 5.28 Å². The third-order valence-corrected chi connectivity index (χ3v) is 2.26. The predicted octanol–water partition coefficient (Wildman–Crippen LogP) is -3.59. The fraction of sp³-hybridized carbons (Fsp3) is 1.00. The minimum atomic E-state index is 0. The summed E-state index contributed by atoms with van der Waals surface area (Å²) in [6.07, 6.45) is 4.14. The molecule has 0 radical (unpaired) electrons. The van der Waals surface area contributed by atoms with Gasteiger partial charge in [0.05, 0.1) is 0 Å². The third kappa shape index (κ3) is 12.2. The molecular formula is C7H15AlBr2. The monoisotopic (exact) mass is 284 g/mol. The first kappa shape index (κ1) is 17.5. The molecule has 0 aromatic heterocycles. The van der Waals surface area contributed by atoms with Gasteiger partial charge >= 0.3 is 60.6 Å².